The van der Waals surface area contributed by atoms with Gasteiger partial charge in [-0.05, 0) is 43.2 Å². The minimum atomic E-state index is 0.400. The normalized spacial score (nSPS) is 23.9. The molecule has 1 saturated heterocycles. The van der Waals surface area contributed by atoms with Crippen LogP contribution in [0.3, 0.4) is 0 Å². The maximum Gasteiger partial charge on any atom is 0.0726 e. The molecule has 1 aromatic heterocycles. The number of aromatic nitrogens is 1. The Labute approximate surface area is 144 Å². The van der Waals surface area contributed by atoms with Gasteiger partial charge in [0.25, 0.3) is 0 Å². The zero-order valence-corrected chi connectivity index (χ0v) is 14.8. The van der Waals surface area contributed by atoms with Crippen LogP contribution in [-0.2, 0) is 0 Å². The molecule has 3 heterocycles. The summed E-state index contributed by atoms with van der Waals surface area (Å²) in [6.07, 6.45) is 7.04. The second-order valence-electron chi connectivity index (χ2n) is 6.49. The van der Waals surface area contributed by atoms with Crippen molar-refractivity contribution in [2.45, 2.75) is 26.3 Å². The Morgan fingerprint density at radius 3 is 3.00 bits per heavy atom. The number of nitrogens with one attached hydrogen (secondary N) is 2. The maximum absolute atomic E-state index is 4.90. The molecule has 1 fully saturated rings. The SMILES string of the molecule is C=Cc1ccc(C2=C3CNCCC(N=C2)C3C)nc1/C=C(\C)NC. The lowest BCUT2D eigenvalue weighted by molar-refractivity contribution is 0.508. The van der Waals surface area contributed by atoms with Crippen molar-refractivity contribution in [3.63, 3.8) is 0 Å². The van der Waals surface area contributed by atoms with Crippen LogP contribution >= 0.6 is 0 Å². The molecule has 2 aliphatic rings. The van der Waals surface area contributed by atoms with Gasteiger partial charge in [-0.25, -0.2) is 4.98 Å². The number of hydrogen-bond donors (Lipinski definition) is 2. The zero-order valence-electron chi connectivity index (χ0n) is 14.8. The highest BCUT2D eigenvalue weighted by atomic mass is 14.9. The van der Waals surface area contributed by atoms with Gasteiger partial charge in [0.2, 0.25) is 0 Å². The van der Waals surface area contributed by atoms with Crippen LogP contribution in [0.15, 0.2) is 35.0 Å². The van der Waals surface area contributed by atoms with Gasteiger partial charge in [0.15, 0.2) is 0 Å². The van der Waals surface area contributed by atoms with Crippen molar-refractivity contribution in [2.75, 3.05) is 20.1 Å². The smallest absolute Gasteiger partial charge is 0.0726 e. The topological polar surface area (TPSA) is 49.3 Å². The Bertz CT molecular complexity index is 727. The number of allylic oxidation sites excluding steroid dienone is 2. The Morgan fingerprint density at radius 2 is 2.25 bits per heavy atom. The van der Waals surface area contributed by atoms with E-state index in [0.29, 0.717) is 12.0 Å². The summed E-state index contributed by atoms with van der Waals surface area (Å²) in [6, 6.07) is 4.57. The highest BCUT2D eigenvalue weighted by Crippen LogP contribution is 2.32. The molecule has 24 heavy (non-hydrogen) atoms. The lowest BCUT2D eigenvalue weighted by Gasteiger charge is -2.26. The van der Waals surface area contributed by atoms with Gasteiger partial charge in [-0.15, -0.1) is 0 Å². The van der Waals surface area contributed by atoms with Crippen molar-refractivity contribution in [3.05, 3.63) is 46.9 Å². The standard InChI is InChI=1S/C20H26N4/c1-5-15-6-7-19(24-20(15)10-13(2)21-4)17-12-23-18-8-9-22-11-16(17)14(18)3/h5-7,10,12,14,18,21-22H,1,8-9,11H2,2-4H3/b13-10+. The van der Waals surface area contributed by atoms with E-state index in [0.717, 1.165) is 42.2 Å². The van der Waals surface area contributed by atoms with Crippen molar-refractivity contribution in [3.8, 4) is 0 Å². The Balaban J connectivity index is 2.07. The first-order valence-electron chi connectivity index (χ1n) is 8.61. The van der Waals surface area contributed by atoms with E-state index in [9.17, 15) is 0 Å². The molecule has 2 bridgehead atoms. The largest absolute Gasteiger partial charge is 0.392 e. The first-order chi connectivity index (χ1) is 11.6. The molecule has 2 atom stereocenters. The molecule has 0 spiro atoms. The molecule has 0 amide bonds. The van der Waals surface area contributed by atoms with Gasteiger partial charge in [0, 0.05) is 37.0 Å². The zero-order chi connectivity index (χ0) is 17.1. The van der Waals surface area contributed by atoms with Crippen LogP contribution in [0.5, 0.6) is 0 Å². The first-order valence-corrected chi connectivity index (χ1v) is 8.61. The molecule has 2 N–H and O–H groups in total. The highest BCUT2D eigenvalue weighted by molar-refractivity contribution is 6.11. The monoisotopic (exact) mass is 322 g/mol. The molecule has 4 nitrogen and oxygen atoms in total. The molecule has 0 aliphatic carbocycles. The average Bonchev–Trinajstić information content (AvgIpc) is 2.70. The molecule has 3 rings (SSSR count). The molecule has 0 aromatic carbocycles. The predicted octanol–water partition coefficient (Wildman–Crippen LogP) is 3.14. The minimum Gasteiger partial charge on any atom is -0.392 e. The van der Waals surface area contributed by atoms with Crippen LogP contribution < -0.4 is 10.6 Å². The average molecular weight is 322 g/mol. The van der Waals surface area contributed by atoms with E-state index in [1.807, 2.05) is 26.3 Å². The Morgan fingerprint density at radius 1 is 1.42 bits per heavy atom. The number of aliphatic imine (C=N–C) groups is 1. The van der Waals surface area contributed by atoms with Gasteiger partial charge in [0.1, 0.15) is 0 Å². The number of rotatable bonds is 4. The summed E-state index contributed by atoms with van der Waals surface area (Å²) >= 11 is 0. The van der Waals surface area contributed by atoms with Gasteiger partial charge in [0.05, 0.1) is 17.4 Å². The van der Waals surface area contributed by atoms with Crippen molar-refractivity contribution in [1.29, 1.82) is 0 Å². The molecule has 1 aromatic rings. The third-order valence-corrected chi connectivity index (χ3v) is 5.00. The molecule has 2 aliphatic heterocycles. The summed E-state index contributed by atoms with van der Waals surface area (Å²) in [5.41, 5.74) is 6.63. The molecular weight excluding hydrogens is 296 g/mol. The number of fused-ring (bicyclic) bond motifs is 2. The van der Waals surface area contributed by atoms with Gasteiger partial charge in [-0.3, -0.25) is 4.99 Å². The fraction of sp³-hybridized carbons (Fsp3) is 0.400. The minimum absolute atomic E-state index is 0.400. The molecular formula is C20H26N4. The van der Waals surface area contributed by atoms with E-state index in [-0.39, 0.29) is 0 Å². The summed E-state index contributed by atoms with van der Waals surface area (Å²) < 4.78 is 0. The van der Waals surface area contributed by atoms with Crippen molar-refractivity contribution in [2.24, 2.45) is 10.9 Å². The Kier molecular flexibility index (Phi) is 4.95. The number of nitrogens with zero attached hydrogens (tertiary/aromatic N) is 2. The van der Waals surface area contributed by atoms with Gasteiger partial charge in [-0.2, -0.15) is 0 Å². The molecule has 2 unspecified atom stereocenters. The van der Waals surface area contributed by atoms with E-state index < -0.39 is 0 Å². The number of hydrogen-bond acceptors (Lipinski definition) is 4. The summed E-state index contributed by atoms with van der Waals surface area (Å²) in [6.45, 7) is 10.2. The van der Waals surface area contributed by atoms with E-state index in [1.165, 1.54) is 11.1 Å². The van der Waals surface area contributed by atoms with Gasteiger partial charge < -0.3 is 10.6 Å². The Hall–Kier alpha value is -2.20. The van der Waals surface area contributed by atoms with Gasteiger partial charge in [-0.1, -0.05) is 25.6 Å². The number of dihydropyridines is 1. The lowest BCUT2D eigenvalue weighted by atomic mass is 9.86. The van der Waals surface area contributed by atoms with Crippen LogP contribution in [0.1, 0.15) is 37.2 Å². The van der Waals surface area contributed by atoms with Crippen LogP contribution in [-0.4, -0.2) is 37.4 Å². The second-order valence-corrected chi connectivity index (χ2v) is 6.49. The molecule has 0 saturated carbocycles. The van der Waals surface area contributed by atoms with Crippen LogP contribution in [0, 0.1) is 5.92 Å². The first kappa shape index (κ1) is 16.7. The van der Waals surface area contributed by atoms with E-state index in [4.69, 9.17) is 9.98 Å². The number of pyridine rings is 1. The summed E-state index contributed by atoms with van der Waals surface area (Å²) in [4.78, 5) is 9.69. The summed E-state index contributed by atoms with van der Waals surface area (Å²) in [5, 5.41) is 6.68. The molecule has 4 heteroatoms. The van der Waals surface area contributed by atoms with E-state index >= 15 is 0 Å². The highest BCUT2D eigenvalue weighted by Gasteiger charge is 2.28. The fourth-order valence-corrected chi connectivity index (χ4v) is 3.35. The van der Waals surface area contributed by atoms with Crippen molar-refractivity contribution >= 4 is 23.9 Å². The third kappa shape index (κ3) is 3.20. The van der Waals surface area contributed by atoms with Crippen LogP contribution in [0.25, 0.3) is 17.7 Å². The van der Waals surface area contributed by atoms with Crippen molar-refractivity contribution < 1.29 is 0 Å². The van der Waals surface area contributed by atoms with Crippen LogP contribution in [0.4, 0.5) is 0 Å². The van der Waals surface area contributed by atoms with E-state index in [2.05, 4.69) is 42.3 Å². The van der Waals surface area contributed by atoms with Gasteiger partial charge >= 0.3 is 0 Å². The maximum atomic E-state index is 4.90. The second kappa shape index (κ2) is 7.14. The lowest BCUT2D eigenvalue weighted by Crippen LogP contribution is -2.23. The summed E-state index contributed by atoms with van der Waals surface area (Å²) in [7, 11) is 1.92. The van der Waals surface area contributed by atoms with Crippen molar-refractivity contribution in [1.82, 2.24) is 15.6 Å². The molecule has 126 valence electrons. The van der Waals surface area contributed by atoms with E-state index in [1.54, 1.807) is 0 Å². The predicted molar refractivity (Wildman–Crippen MR) is 103 cm³/mol. The van der Waals surface area contributed by atoms with Crippen LogP contribution in [0.2, 0.25) is 0 Å². The third-order valence-electron chi connectivity index (χ3n) is 5.00. The summed E-state index contributed by atoms with van der Waals surface area (Å²) in [5.74, 6) is 0.471. The quantitative estimate of drug-likeness (QED) is 0.895. The molecule has 0 radical (unpaired) electrons. The fourth-order valence-electron chi connectivity index (χ4n) is 3.35.